The van der Waals surface area contributed by atoms with Crippen LogP contribution in [0.2, 0.25) is 0 Å². The predicted octanol–water partition coefficient (Wildman–Crippen LogP) is 3.41. The average Bonchev–Trinajstić information content (AvgIpc) is 2.75. The summed E-state index contributed by atoms with van der Waals surface area (Å²) in [6.07, 6.45) is 6.54. The normalized spacial score (nSPS) is 18.5. The van der Waals surface area contributed by atoms with E-state index >= 15 is 0 Å². The van der Waals surface area contributed by atoms with Crippen LogP contribution < -0.4 is 5.73 Å². The highest BCUT2D eigenvalue weighted by Crippen LogP contribution is 2.28. The summed E-state index contributed by atoms with van der Waals surface area (Å²) in [6.45, 7) is 0. The lowest BCUT2D eigenvalue weighted by atomic mass is 9.94. The average molecular weight is 239 g/mol. The minimum absolute atomic E-state index is 0.0157. The second-order valence-corrected chi connectivity index (χ2v) is 5.09. The summed E-state index contributed by atoms with van der Waals surface area (Å²) in [4.78, 5) is 0. The topological polar surface area (TPSA) is 26.0 Å². The molecule has 0 heterocycles. The molecule has 0 radical (unpaired) electrons. The Morgan fingerprint density at radius 2 is 1.94 bits per heavy atom. The lowest BCUT2D eigenvalue weighted by Gasteiger charge is -2.16. The summed E-state index contributed by atoms with van der Waals surface area (Å²) in [7, 11) is 0. The minimum Gasteiger partial charge on any atom is -0.327 e. The standard InChI is InChI=1S/C14H19F2N/c15-12-6-5-11(14(16)9-12)8-13(17)7-10-3-1-2-4-10/h5-6,9-10,13H,1-4,7-8,17H2. The molecule has 1 fully saturated rings. The summed E-state index contributed by atoms with van der Waals surface area (Å²) in [5.41, 5.74) is 6.56. The van der Waals surface area contributed by atoms with Gasteiger partial charge in [0.15, 0.2) is 0 Å². The van der Waals surface area contributed by atoms with Crippen LogP contribution in [0.3, 0.4) is 0 Å². The molecule has 0 spiro atoms. The van der Waals surface area contributed by atoms with Gasteiger partial charge in [0.2, 0.25) is 0 Å². The molecular weight excluding hydrogens is 220 g/mol. The molecule has 1 atom stereocenters. The first kappa shape index (κ1) is 12.5. The van der Waals surface area contributed by atoms with Crippen LogP contribution in [-0.4, -0.2) is 6.04 Å². The van der Waals surface area contributed by atoms with Crippen LogP contribution in [0.5, 0.6) is 0 Å². The summed E-state index contributed by atoms with van der Waals surface area (Å²) < 4.78 is 26.2. The van der Waals surface area contributed by atoms with Crippen molar-refractivity contribution in [3.8, 4) is 0 Å². The van der Waals surface area contributed by atoms with Crippen molar-refractivity contribution in [2.45, 2.75) is 44.6 Å². The van der Waals surface area contributed by atoms with Gasteiger partial charge in [-0.05, 0) is 30.4 Å². The van der Waals surface area contributed by atoms with Crippen LogP contribution in [0.25, 0.3) is 0 Å². The van der Waals surface area contributed by atoms with Crippen molar-refractivity contribution in [3.63, 3.8) is 0 Å². The van der Waals surface area contributed by atoms with E-state index in [-0.39, 0.29) is 6.04 Å². The van der Waals surface area contributed by atoms with Crippen LogP contribution >= 0.6 is 0 Å². The van der Waals surface area contributed by atoms with E-state index in [9.17, 15) is 8.78 Å². The van der Waals surface area contributed by atoms with Gasteiger partial charge in [-0.1, -0.05) is 31.7 Å². The van der Waals surface area contributed by atoms with Crippen LogP contribution in [0, 0.1) is 17.6 Å². The summed E-state index contributed by atoms with van der Waals surface area (Å²) in [6, 6.07) is 3.70. The predicted molar refractivity (Wildman–Crippen MR) is 64.6 cm³/mol. The molecule has 17 heavy (non-hydrogen) atoms. The molecule has 1 aliphatic rings. The molecule has 0 aliphatic heterocycles. The summed E-state index contributed by atoms with van der Waals surface area (Å²) >= 11 is 0. The van der Waals surface area contributed by atoms with Crippen LogP contribution in [0.15, 0.2) is 18.2 Å². The SMILES string of the molecule is NC(Cc1ccc(F)cc1F)CC1CCCC1. The van der Waals surface area contributed by atoms with Crippen molar-refractivity contribution in [2.75, 3.05) is 0 Å². The molecule has 2 rings (SSSR count). The fourth-order valence-corrected chi connectivity index (χ4v) is 2.73. The summed E-state index contributed by atoms with van der Waals surface area (Å²) in [5, 5.41) is 0. The van der Waals surface area contributed by atoms with E-state index in [1.54, 1.807) is 0 Å². The molecule has 3 heteroatoms. The molecule has 0 saturated heterocycles. The third-order valence-corrected chi connectivity index (χ3v) is 3.61. The number of rotatable bonds is 4. The molecule has 0 bridgehead atoms. The van der Waals surface area contributed by atoms with Gasteiger partial charge >= 0.3 is 0 Å². The maximum Gasteiger partial charge on any atom is 0.129 e. The van der Waals surface area contributed by atoms with Gasteiger partial charge in [-0.15, -0.1) is 0 Å². The van der Waals surface area contributed by atoms with Crippen molar-refractivity contribution >= 4 is 0 Å². The van der Waals surface area contributed by atoms with E-state index in [0.717, 1.165) is 12.5 Å². The van der Waals surface area contributed by atoms with E-state index in [1.807, 2.05) is 0 Å². The smallest absolute Gasteiger partial charge is 0.129 e. The monoisotopic (exact) mass is 239 g/mol. The van der Waals surface area contributed by atoms with E-state index in [4.69, 9.17) is 5.73 Å². The molecule has 1 aromatic rings. The third kappa shape index (κ3) is 3.50. The van der Waals surface area contributed by atoms with Crippen molar-refractivity contribution in [1.82, 2.24) is 0 Å². The Morgan fingerprint density at radius 1 is 1.24 bits per heavy atom. The fourth-order valence-electron chi connectivity index (χ4n) is 2.73. The van der Waals surface area contributed by atoms with Gasteiger partial charge in [0.25, 0.3) is 0 Å². The highest BCUT2D eigenvalue weighted by Gasteiger charge is 2.19. The van der Waals surface area contributed by atoms with E-state index in [1.165, 1.54) is 37.8 Å². The van der Waals surface area contributed by atoms with Crippen molar-refractivity contribution in [1.29, 1.82) is 0 Å². The first-order chi connectivity index (χ1) is 8.15. The summed E-state index contributed by atoms with van der Waals surface area (Å²) in [5.74, 6) is -0.309. The zero-order valence-corrected chi connectivity index (χ0v) is 9.96. The van der Waals surface area contributed by atoms with Gasteiger partial charge in [0.1, 0.15) is 11.6 Å². The Bertz CT molecular complexity index is 372. The first-order valence-corrected chi connectivity index (χ1v) is 6.34. The van der Waals surface area contributed by atoms with Crippen molar-refractivity contribution in [3.05, 3.63) is 35.4 Å². The fraction of sp³-hybridized carbons (Fsp3) is 0.571. The molecule has 1 nitrogen and oxygen atoms in total. The molecule has 2 N–H and O–H groups in total. The van der Waals surface area contributed by atoms with E-state index < -0.39 is 11.6 Å². The molecule has 1 unspecified atom stereocenters. The lowest BCUT2D eigenvalue weighted by molar-refractivity contribution is 0.436. The van der Waals surface area contributed by atoms with Crippen molar-refractivity contribution < 1.29 is 8.78 Å². The second-order valence-electron chi connectivity index (χ2n) is 5.09. The molecule has 0 aromatic heterocycles. The molecular formula is C14H19F2N. The van der Waals surface area contributed by atoms with Gasteiger partial charge in [-0.25, -0.2) is 8.78 Å². The van der Waals surface area contributed by atoms with Gasteiger partial charge in [0.05, 0.1) is 0 Å². The van der Waals surface area contributed by atoms with Gasteiger partial charge in [-0.3, -0.25) is 0 Å². The Balaban J connectivity index is 1.90. The molecule has 1 saturated carbocycles. The van der Waals surface area contributed by atoms with E-state index in [2.05, 4.69) is 0 Å². The van der Waals surface area contributed by atoms with Gasteiger partial charge < -0.3 is 5.73 Å². The molecule has 1 aromatic carbocycles. The number of nitrogens with two attached hydrogens (primary N) is 1. The quantitative estimate of drug-likeness (QED) is 0.856. The maximum atomic E-state index is 13.4. The Labute approximate surface area is 101 Å². The Morgan fingerprint density at radius 3 is 2.59 bits per heavy atom. The molecule has 1 aliphatic carbocycles. The van der Waals surface area contributed by atoms with Crippen LogP contribution in [-0.2, 0) is 6.42 Å². The largest absolute Gasteiger partial charge is 0.327 e. The highest BCUT2D eigenvalue weighted by molar-refractivity contribution is 5.19. The third-order valence-electron chi connectivity index (χ3n) is 3.61. The van der Waals surface area contributed by atoms with Crippen molar-refractivity contribution in [2.24, 2.45) is 11.7 Å². The minimum atomic E-state index is -0.532. The number of hydrogen-bond donors (Lipinski definition) is 1. The lowest BCUT2D eigenvalue weighted by Crippen LogP contribution is -2.25. The number of hydrogen-bond acceptors (Lipinski definition) is 1. The van der Waals surface area contributed by atoms with Crippen LogP contribution in [0.1, 0.15) is 37.7 Å². The maximum absolute atomic E-state index is 13.4. The van der Waals surface area contributed by atoms with E-state index in [0.29, 0.717) is 17.9 Å². The second kappa shape index (κ2) is 5.58. The zero-order chi connectivity index (χ0) is 12.3. The van der Waals surface area contributed by atoms with Gasteiger partial charge in [0, 0.05) is 12.1 Å². The molecule has 94 valence electrons. The van der Waals surface area contributed by atoms with Crippen LogP contribution in [0.4, 0.5) is 8.78 Å². The first-order valence-electron chi connectivity index (χ1n) is 6.34. The number of halogens is 2. The zero-order valence-electron chi connectivity index (χ0n) is 9.96. The molecule has 0 amide bonds. The Hall–Kier alpha value is -0.960. The van der Waals surface area contributed by atoms with Gasteiger partial charge in [-0.2, -0.15) is 0 Å². The number of benzene rings is 1. The highest BCUT2D eigenvalue weighted by atomic mass is 19.1. The Kier molecular flexibility index (Phi) is 4.11.